The van der Waals surface area contributed by atoms with E-state index in [1.165, 1.54) is 11.1 Å². The average Bonchev–Trinajstić information content (AvgIpc) is 2.80. The number of fused-ring (bicyclic) bond motifs is 1. The van der Waals surface area contributed by atoms with Gasteiger partial charge in [0.25, 0.3) is 0 Å². The van der Waals surface area contributed by atoms with E-state index in [0.717, 1.165) is 0 Å². The molecule has 0 saturated carbocycles. The summed E-state index contributed by atoms with van der Waals surface area (Å²) in [5, 5.41) is 0. The van der Waals surface area contributed by atoms with Gasteiger partial charge in [-0.25, -0.2) is 0 Å². The molecule has 2 aliphatic carbocycles. The van der Waals surface area contributed by atoms with Crippen LogP contribution in [-0.4, -0.2) is 0 Å². The molecule has 1 heteroatoms. The first-order valence-corrected chi connectivity index (χ1v) is 12.2. The predicted molar refractivity (Wildman–Crippen MR) is 96.9 cm³/mol. The van der Waals surface area contributed by atoms with Crippen LogP contribution in [0.5, 0.6) is 0 Å². The van der Waals surface area contributed by atoms with Crippen molar-refractivity contribution in [2.75, 3.05) is 0 Å². The third-order valence-electron chi connectivity index (χ3n) is 6.62. The summed E-state index contributed by atoms with van der Waals surface area (Å²) in [5.74, 6) is 0. The molecule has 1 aromatic rings. The minimum absolute atomic E-state index is 0.270. The van der Waals surface area contributed by atoms with Gasteiger partial charge in [-0.15, -0.1) is 0 Å². The number of hydrogen-bond acceptors (Lipinski definition) is 0. The van der Waals surface area contributed by atoms with Gasteiger partial charge in [0.15, 0.2) is 0 Å². The molecule has 120 valence electrons. The first kappa shape index (κ1) is 17.1. The number of benzene rings is 1. The van der Waals surface area contributed by atoms with Gasteiger partial charge in [-0.3, -0.25) is 0 Å². The van der Waals surface area contributed by atoms with Crippen LogP contribution in [0.25, 0.3) is 5.57 Å². The molecule has 1 unspecified atom stereocenters. The molecule has 0 aromatic heterocycles. The Labute approximate surface area is 153 Å². The Morgan fingerprint density at radius 1 is 0.739 bits per heavy atom. The summed E-state index contributed by atoms with van der Waals surface area (Å²) in [6.07, 6.45) is 0. The average molecular weight is 471 g/mol. The van der Waals surface area contributed by atoms with Crippen molar-refractivity contribution in [3.8, 4) is 0 Å². The molecule has 0 amide bonds. The van der Waals surface area contributed by atoms with Crippen molar-refractivity contribution in [2.45, 2.75) is 58.6 Å². The molecular weight excluding hydrogens is 443 g/mol. The monoisotopic (exact) mass is 472 g/mol. The van der Waals surface area contributed by atoms with E-state index < -0.39 is 22.9 Å². The SMILES string of the molecule is CC1=C(C)C(C)(C)[C]([Hf][C]2(C)C(C)=C(C)c3ccccc32)=C1C. The quantitative estimate of drug-likeness (QED) is 0.436. The van der Waals surface area contributed by atoms with Gasteiger partial charge in [0.2, 0.25) is 0 Å². The molecule has 1 aromatic carbocycles. The van der Waals surface area contributed by atoms with Gasteiger partial charge < -0.3 is 0 Å². The molecule has 0 saturated heterocycles. The van der Waals surface area contributed by atoms with E-state index in [0.29, 0.717) is 3.17 Å². The van der Waals surface area contributed by atoms with Crippen LogP contribution in [0.3, 0.4) is 0 Å². The summed E-state index contributed by atoms with van der Waals surface area (Å²) < 4.78 is 2.14. The minimum atomic E-state index is -1.09. The standard InChI is InChI=1S/C12H13.C10H15.Hf/c1-8-9(2)11-6-4-5-7-12(11)10(8)3;1-7-6-10(4,5)9(3)8(7)2;/h4-7H,1-3H3;1-5H3;. The van der Waals surface area contributed by atoms with Gasteiger partial charge in [-0.1, -0.05) is 0 Å². The molecule has 3 rings (SSSR count). The number of allylic oxidation sites excluding steroid dienone is 6. The predicted octanol–water partition coefficient (Wildman–Crippen LogP) is 6.44. The molecule has 2 aliphatic rings. The van der Waals surface area contributed by atoms with Crippen molar-refractivity contribution in [1.29, 1.82) is 0 Å². The van der Waals surface area contributed by atoms with Crippen LogP contribution >= 0.6 is 0 Å². The van der Waals surface area contributed by atoms with Gasteiger partial charge in [0, 0.05) is 0 Å². The first-order valence-electron chi connectivity index (χ1n) is 8.58. The molecule has 0 N–H and O–H groups in total. The molecule has 0 bridgehead atoms. The molecule has 0 spiro atoms. The van der Waals surface area contributed by atoms with E-state index >= 15 is 0 Å². The fourth-order valence-corrected chi connectivity index (χ4v) is 11.8. The van der Waals surface area contributed by atoms with Gasteiger partial charge in [-0.05, 0) is 0 Å². The van der Waals surface area contributed by atoms with Crippen LogP contribution in [0.2, 0.25) is 0 Å². The van der Waals surface area contributed by atoms with E-state index in [1.54, 1.807) is 27.9 Å². The van der Waals surface area contributed by atoms with Gasteiger partial charge in [-0.2, -0.15) is 0 Å². The fourth-order valence-electron chi connectivity index (χ4n) is 4.28. The van der Waals surface area contributed by atoms with Crippen molar-refractivity contribution in [2.24, 2.45) is 5.41 Å². The Morgan fingerprint density at radius 2 is 1.35 bits per heavy atom. The summed E-state index contributed by atoms with van der Waals surface area (Å²) in [4.78, 5) is 0. The number of hydrogen-bond donors (Lipinski definition) is 0. The van der Waals surface area contributed by atoms with Crippen molar-refractivity contribution in [3.05, 3.63) is 61.0 Å². The van der Waals surface area contributed by atoms with E-state index in [1.807, 2.05) is 3.33 Å². The van der Waals surface area contributed by atoms with Crippen molar-refractivity contribution in [1.82, 2.24) is 0 Å². The molecule has 0 heterocycles. The van der Waals surface area contributed by atoms with E-state index in [4.69, 9.17) is 0 Å². The first-order chi connectivity index (χ1) is 10.6. The second-order valence-corrected chi connectivity index (χ2v) is 14.2. The van der Waals surface area contributed by atoms with Crippen molar-refractivity contribution in [3.63, 3.8) is 0 Å². The second-order valence-electron chi connectivity index (χ2n) is 7.92. The normalized spacial score (nSPS) is 26.3. The fraction of sp³-hybridized carbons (Fsp3) is 0.455. The zero-order valence-corrected chi connectivity index (χ0v) is 19.4. The number of rotatable bonds is 2. The summed E-state index contributed by atoms with van der Waals surface area (Å²) in [5.41, 5.74) is 11.2. The van der Waals surface area contributed by atoms with Gasteiger partial charge in [0.05, 0.1) is 0 Å². The Bertz CT molecular complexity index is 786. The third kappa shape index (κ3) is 2.26. The van der Waals surface area contributed by atoms with Crippen LogP contribution in [0.15, 0.2) is 49.9 Å². The van der Waals surface area contributed by atoms with Gasteiger partial charge in [0.1, 0.15) is 0 Å². The molecule has 0 aliphatic heterocycles. The van der Waals surface area contributed by atoms with E-state index in [9.17, 15) is 0 Å². The molecular formula is C22H28Hf. The molecule has 0 fully saturated rings. The Kier molecular flexibility index (Phi) is 4.03. The third-order valence-corrected chi connectivity index (χ3v) is 15.2. The zero-order chi connectivity index (χ0) is 17.2. The van der Waals surface area contributed by atoms with E-state index in [-0.39, 0.29) is 5.41 Å². The van der Waals surface area contributed by atoms with Crippen LogP contribution in [0.4, 0.5) is 0 Å². The van der Waals surface area contributed by atoms with Crippen LogP contribution in [-0.2, 0) is 26.1 Å². The van der Waals surface area contributed by atoms with Crippen molar-refractivity contribution >= 4 is 5.57 Å². The summed E-state index contributed by atoms with van der Waals surface area (Å²) in [7, 11) is 0. The summed E-state index contributed by atoms with van der Waals surface area (Å²) >= 11 is -1.09. The van der Waals surface area contributed by atoms with Crippen LogP contribution < -0.4 is 0 Å². The van der Waals surface area contributed by atoms with Gasteiger partial charge >= 0.3 is 153 Å². The molecule has 0 nitrogen and oxygen atoms in total. The summed E-state index contributed by atoms with van der Waals surface area (Å²) in [6, 6.07) is 9.11. The molecule has 0 radical (unpaired) electrons. The van der Waals surface area contributed by atoms with Crippen LogP contribution in [0.1, 0.15) is 66.5 Å². The molecule has 1 atom stereocenters. The van der Waals surface area contributed by atoms with Crippen molar-refractivity contribution < 1.29 is 22.9 Å². The molecule has 23 heavy (non-hydrogen) atoms. The Balaban J connectivity index is 2.12. The maximum atomic E-state index is 2.53. The Morgan fingerprint density at radius 3 is 1.91 bits per heavy atom. The summed E-state index contributed by atoms with van der Waals surface area (Å²) in [6.45, 7) is 19.1. The van der Waals surface area contributed by atoms with Crippen LogP contribution in [0, 0.1) is 5.41 Å². The second kappa shape index (κ2) is 5.41. The Hall–Kier alpha value is -0.690. The topological polar surface area (TPSA) is 0 Å². The maximum absolute atomic E-state index is 2.53. The zero-order valence-electron chi connectivity index (χ0n) is 15.8. The van der Waals surface area contributed by atoms with E-state index in [2.05, 4.69) is 79.7 Å².